The number of rotatable bonds is 6. The molecule has 1 aromatic heterocycles. The van der Waals surface area contributed by atoms with E-state index in [9.17, 15) is 9.59 Å². The summed E-state index contributed by atoms with van der Waals surface area (Å²) in [5, 5.41) is 16.3. The SMILES string of the molecule is CN(Cc1cn(C)nn1)C(=O)c1ccc(OCC(=O)O)cc1. The summed E-state index contributed by atoms with van der Waals surface area (Å²) >= 11 is 0. The van der Waals surface area contributed by atoms with E-state index in [0.29, 0.717) is 23.6 Å². The van der Waals surface area contributed by atoms with Crippen LogP contribution in [-0.4, -0.2) is 50.5 Å². The Morgan fingerprint density at radius 3 is 2.55 bits per heavy atom. The van der Waals surface area contributed by atoms with Gasteiger partial charge in [-0.05, 0) is 24.3 Å². The topological polar surface area (TPSA) is 97.5 Å². The van der Waals surface area contributed by atoms with Crippen molar-refractivity contribution >= 4 is 11.9 Å². The van der Waals surface area contributed by atoms with E-state index in [1.807, 2.05) is 0 Å². The number of carbonyl (C=O) groups is 2. The first-order chi connectivity index (χ1) is 10.5. The molecule has 1 amide bonds. The molecule has 0 aliphatic rings. The zero-order valence-corrected chi connectivity index (χ0v) is 12.3. The molecule has 1 aromatic carbocycles. The summed E-state index contributed by atoms with van der Waals surface area (Å²) in [7, 11) is 3.43. The number of benzene rings is 1. The van der Waals surface area contributed by atoms with Crippen molar-refractivity contribution in [3.8, 4) is 5.75 Å². The van der Waals surface area contributed by atoms with E-state index in [4.69, 9.17) is 9.84 Å². The minimum absolute atomic E-state index is 0.171. The van der Waals surface area contributed by atoms with Crippen LogP contribution < -0.4 is 4.74 Å². The lowest BCUT2D eigenvalue weighted by molar-refractivity contribution is -0.139. The number of aromatic nitrogens is 3. The molecule has 0 saturated heterocycles. The van der Waals surface area contributed by atoms with Crippen LogP contribution in [0.2, 0.25) is 0 Å². The Morgan fingerprint density at radius 2 is 2.00 bits per heavy atom. The summed E-state index contributed by atoms with van der Waals surface area (Å²) in [4.78, 5) is 24.2. The molecule has 0 bridgehead atoms. The van der Waals surface area contributed by atoms with Gasteiger partial charge in [-0.3, -0.25) is 9.48 Å². The van der Waals surface area contributed by atoms with Crippen LogP contribution in [0.4, 0.5) is 0 Å². The van der Waals surface area contributed by atoms with E-state index >= 15 is 0 Å². The zero-order valence-electron chi connectivity index (χ0n) is 12.3. The Kier molecular flexibility index (Phi) is 4.72. The van der Waals surface area contributed by atoms with Gasteiger partial charge in [-0.15, -0.1) is 5.10 Å². The average molecular weight is 304 g/mol. The number of aliphatic carboxylic acids is 1. The fourth-order valence-corrected chi connectivity index (χ4v) is 1.84. The van der Waals surface area contributed by atoms with Crippen LogP contribution in [0.3, 0.4) is 0 Å². The van der Waals surface area contributed by atoms with Gasteiger partial charge >= 0.3 is 5.97 Å². The number of hydrogen-bond donors (Lipinski definition) is 1. The molecule has 0 radical (unpaired) electrons. The summed E-state index contributed by atoms with van der Waals surface area (Å²) in [5.41, 5.74) is 1.17. The van der Waals surface area contributed by atoms with Crippen molar-refractivity contribution in [2.45, 2.75) is 6.54 Å². The molecular formula is C14H16N4O4. The lowest BCUT2D eigenvalue weighted by atomic mass is 10.2. The predicted octanol–water partition coefficient (Wildman–Crippen LogP) is 0.551. The van der Waals surface area contributed by atoms with Crippen molar-refractivity contribution in [3.63, 3.8) is 0 Å². The first kappa shape index (κ1) is 15.5. The molecule has 22 heavy (non-hydrogen) atoms. The Labute approximate surface area is 126 Å². The molecule has 0 spiro atoms. The van der Waals surface area contributed by atoms with Crippen LogP contribution in [0, 0.1) is 0 Å². The maximum absolute atomic E-state index is 12.3. The summed E-state index contributed by atoms with van der Waals surface area (Å²) in [6.45, 7) is -0.0657. The van der Waals surface area contributed by atoms with Crippen molar-refractivity contribution in [1.82, 2.24) is 19.9 Å². The van der Waals surface area contributed by atoms with Crippen LogP contribution in [0.15, 0.2) is 30.5 Å². The van der Waals surface area contributed by atoms with E-state index in [0.717, 1.165) is 0 Å². The van der Waals surface area contributed by atoms with Gasteiger partial charge in [0.2, 0.25) is 0 Å². The third-order valence-corrected chi connectivity index (χ3v) is 2.86. The number of carboxylic acids is 1. The van der Waals surface area contributed by atoms with Crippen LogP contribution >= 0.6 is 0 Å². The monoisotopic (exact) mass is 304 g/mol. The molecule has 0 unspecified atom stereocenters. The minimum Gasteiger partial charge on any atom is -0.482 e. The Hall–Kier alpha value is -2.90. The Balaban J connectivity index is 1.97. The predicted molar refractivity (Wildman–Crippen MR) is 76.4 cm³/mol. The number of ether oxygens (including phenoxy) is 1. The molecule has 1 heterocycles. The van der Waals surface area contributed by atoms with Crippen molar-refractivity contribution < 1.29 is 19.4 Å². The summed E-state index contributed by atoms with van der Waals surface area (Å²) < 4.78 is 6.59. The zero-order chi connectivity index (χ0) is 16.1. The molecule has 8 heteroatoms. The maximum atomic E-state index is 12.3. The van der Waals surface area contributed by atoms with E-state index in [-0.39, 0.29) is 5.91 Å². The van der Waals surface area contributed by atoms with Gasteiger partial charge < -0.3 is 14.7 Å². The second-order valence-electron chi connectivity index (χ2n) is 4.75. The molecule has 0 saturated carbocycles. The van der Waals surface area contributed by atoms with Crippen LogP contribution in [0.5, 0.6) is 5.75 Å². The molecule has 2 rings (SSSR count). The van der Waals surface area contributed by atoms with Crippen LogP contribution in [0.25, 0.3) is 0 Å². The normalized spacial score (nSPS) is 10.3. The second kappa shape index (κ2) is 6.70. The minimum atomic E-state index is -1.05. The van der Waals surface area contributed by atoms with Crippen molar-refractivity contribution in [2.24, 2.45) is 7.05 Å². The van der Waals surface area contributed by atoms with E-state index in [1.165, 1.54) is 4.90 Å². The largest absolute Gasteiger partial charge is 0.482 e. The number of nitrogens with zero attached hydrogens (tertiary/aromatic N) is 4. The summed E-state index contributed by atoms with van der Waals surface area (Å²) in [5.74, 6) is -0.824. The van der Waals surface area contributed by atoms with Gasteiger partial charge in [0.05, 0.1) is 6.54 Å². The van der Waals surface area contributed by atoms with Crippen LogP contribution in [0.1, 0.15) is 16.1 Å². The lowest BCUT2D eigenvalue weighted by Crippen LogP contribution is -2.26. The standard InChI is InChI=1S/C14H16N4O4/c1-17(7-11-8-18(2)16-15-11)14(21)10-3-5-12(6-4-10)22-9-13(19)20/h3-6,8H,7,9H2,1-2H3,(H,19,20). The fourth-order valence-electron chi connectivity index (χ4n) is 1.84. The molecule has 0 fully saturated rings. The van der Waals surface area contributed by atoms with Crippen molar-refractivity contribution in [2.75, 3.05) is 13.7 Å². The highest BCUT2D eigenvalue weighted by Crippen LogP contribution is 2.14. The van der Waals surface area contributed by atoms with E-state index in [1.54, 1.807) is 49.2 Å². The molecule has 116 valence electrons. The molecule has 8 nitrogen and oxygen atoms in total. The number of aryl methyl sites for hydroxylation is 1. The van der Waals surface area contributed by atoms with Gasteiger partial charge in [0.25, 0.3) is 5.91 Å². The van der Waals surface area contributed by atoms with E-state index in [2.05, 4.69) is 10.3 Å². The molecule has 1 N–H and O–H groups in total. The average Bonchev–Trinajstić information content (AvgIpc) is 2.90. The third kappa shape index (κ3) is 4.05. The summed E-state index contributed by atoms with van der Waals surface area (Å²) in [6, 6.07) is 6.30. The first-order valence-corrected chi connectivity index (χ1v) is 6.51. The van der Waals surface area contributed by atoms with Gasteiger partial charge in [0, 0.05) is 25.9 Å². The second-order valence-corrected chi connectivity index (χ2v) is 4.75. The number of amides is 1. The number of carbonyl (C=O) groups excluding carboxylic acids is 1. The highest BCUT2D eigenvalue weighted by atomic mass is 16.5. The van der Waals surface area contributed by atoms with Gasteiger partial charge in [-0.1, -0.05) is 5.21 Å². The van der Waals surface area contributed by atoms with Gasteiger partial charge in [-0.25, -0.2) is 4.79 Å². The molecular weight excluding hydrogens is 288 g/mol. The van der Waals surface area contributed by atoms with Crippen molar-refractivity contribution in [3.05, 3.63) is 41.7 Å². The van der Waals surface area contributed by atoms with E-state index < -0.39 is 12.6 Å². The highest BCUT2D eigenvalue weighted by molar-refractivity contribution is 5.94. The number of hydrogen-bond acceptors (Lipinski definition) is 5. The molecule has 0 aliphatic carbocycles. The van der Waals surface area contributed by atoms with Crippen molar-refractivity contribution in [1.29, 1.82) is 0 Å². The molecule has 0 atom stereocenters. The maximum Gasteiger partial charge on any atom is 0.341 e. The third-order valence-electron chi connectivity index (χ3n) is 2.86. The quantitative estimate of drug-likeness (QED) is 0.837. The Morgan fingerprint density at radius 1 is 1.32 bits per heavy atom. The molecule has 0 aliphatic heterocycles. The number of carboxylic acid groups (broad SMARTS) is 1. The first-order valence-electron chi connectivity index (χ1n) is 6.51. The van der Waals surface area contributed by atoms with Gasteiger partial charge in [0.15, 0.2) is 6.61 Å². The molecule has 2 aromatic rings. The van der Waals surface area contributed by atoms with Crippen LogP contribution in [-0.2, 0) is 18.4 Å². The van der Waals surface area contributed by atoms with Gasteiger partial charge in [0.1, 0.15) is 11.4 Å². The summed E-state index contributed by atoms with van der Waals surface area (Å²) in [6.07, 6.45) is 1.74. The van der Waals surface area contributed by atoms with Gasteiger partial charge in [-0.2, -0.15) is 0 Å². The lowest BCUT2D eigenvalue weighted by Gasteiger charge is -2.15. The fraction of sp³-hybridized carbons (Fsp3) is 0.286. The Bertz CT molecular complexity index is 666. The highest BCUT2D eigenvalue weighted by Gasteiger charge is 2.13. The smallest absolute Gasteiger partial charge is 0.341 e.